The first kappa shape index (κ1) is 13.7. The van der Waals surface area contributed by atoms with Gasteiger partial charge < -0.3 is 5.32 Å². The summed E-state index contributed by atoms with van der Waals surface area (Å²) in [6, 6.07) is 11.4. The maximum absolute atomic E-state index is 6.23. The Morgan fingerprint density at radius 2 is 1.72 bits per heavy atom. The fourth-order valence-corrected chi connectivity index (χ4v) is 2.54. The van der Waals surface area contributed by atoms with Crippen LogP contribution in [0.3, 0.4) is 0 Å². The number of hydrogen-bond acceptors (Lipinski definition) is 1. The number of benzene rings is 2. The zero-order valence-corrected chi connectivity index (χ0v) is 12.1. The van der Waals surface area contributed by atoms with E-state index in [1.807, 2.05) is 37.4 Å². The van der Waals surface area contributed by atoms with Gasteiger partial charge in [-0.05, 0) is 36.4 Å². The largest absolute Gasteiger partial charge is 0.316 e. The van der Waals surface area contributed by atoms with Crippen molar-refractivity contribution in [3.8, 4) is 11.1 Å². The van der Waals surface area contributed by atoms with E-state index in [1.54, 1.807) is 6.07 Å². The molecule has 1 nitrogen and oxygen atoms in total. The summed E-state index contributed by atoms with van der Waals surface area (Å²) in [5.41, 5.74) is 2.98. The minimum atomic E-state index is 0.625. The van der Waals surface area contributed by atoms with Crippen LogP contribution in [-0.4, -0.2) is 7.05 Å². The Morgan fingerprint density at radius 1 is 0.944 bits per heavy atom. The maximum Gasteiger partial charge on any atom is 0.0499 e. The molecule has 2 aromatic carbocycles. The molecule has 0 aliphatic carbocycles. The molecular formula is C14H12Cl3N. The lowest BCUT2D eigenvalue weighted by molar-refractivity contribution is 0.818. The van der Waals surface area contributed by atoms with Gasteiger partial charge >= 0.3 is 0 Å². The van der Waals surface area contributed by atoms with Crippen LogP contribution in [0.2, 0.25) is 15.1 Å². The molecule has 18 heavy (non-hydrogen) atoms. The third kappa shape index (κ3) is 2.99. The average Bonchev–Trinajstić information content (AvgIpc) is 2.32. The van der Waals surface area contributed by atoms with E-state index >= 15 is 0 Å². The maximum atomic E-state index is 6.23. The van der Waals surface area contributed by atoms with Gasteiger partial charge in [0.1, 0.15) is 0 Å². The Hall–Kier alpha value is -0.730. The van der Waals surface area contributed by atoms with E-state index in [9.17, 15) is 0 Å². The van der Waals surface area contributed by atoms with Crippen molar-refractivity contribution in [3.05, 3.63) is 57.0 Å². The molecule has 2 rings (SSSR count). The van der Waals surface area contributed by atoms with Gasteiger partial charge in [0.15, 0.2) is 0 Å². The van der Waals surface area contributed by atoms with Crippen LogP contribution in [0.25, 0.3) is 11.1 Å². The molecule has 0 amide bonds. The monoisotopic (exact) mass is 299 g/mol. The van der Waals surface area contributed by atoms with Crippen molar-refractivity contribution in [2.75, 3.05) is 7.05 Å². The van der Waals surface area contributed by atoms with Gasteiger partial charge in [-0.3, -0.25) is 0 Å². The Balaban J connectivity index is 2.42. The van der Waals surface area contributed by atoms with Crippen LogP contribution in [0.4, 0.5) is 0 Å². The molecule has 0 heterocycles. The molecule has 0 atom stereocenters. The molecule has 0 unspecified atom stereocenters. The van der Waals surface area contributed by atoms with Crippen LogP contribution < -0.4 is 5.32 Å². The molecule has 0 aliphatic heterocycles. The number of hydrogen-bond donors (Lipinski definition) is 1. The molecule has 0 aliphatic rings. The van der Waals surface area contributed by atoms with E-state index < -0.39 is 0 Å². The average molecular weight is 301 g/mol. The predicted molar refractivity (Wildman–Crippen MR) is 79.7 cm³/mol. The lowest BCUT2D eigenvalue weighted by atomic mass is 10.0. The molecular weight excluding hydrogens is 289 g/mol. The highest BCUT2D eigenvalue weighted by molar-refractivity contribution is 6.36. The van der Waals surface area contributed by atoms with Gasteiger partial charge in [0, 0.05) is 27.2 Å². The smallest absolute Gasteiger partial charge is 0.0499 e. The quantitative estimate of drug-likeness (QED) is 0.838. The zero-order chi connectivity index (χ0) is 13.1. The van der Waals surface area contributed by atoms with Crippen LogP contribution in [-0.2, 0) is 6.54 Å². The molecule has 0 bridgehead atoms. The fourth-order valence-electron chi connectivity index (χ4n) is 1.77. The van der Waals surface area contributed by atoms with E-state index in [2.05, 4.69) is 5.32 Å². The Bertz CT molecular complexity index is 567. The molecule has 4 heteroatoms. The van der Waals surface area contributed by atoms with Crippen molar-refractivity contribution in [3.63, 3.8) is 0 Å². The molecule has 0 saturated heterocycles. The first-order chi connectivity index (χ1) is 8.61. The summed E-state index contributed by atoms with van der Waals surface area (Å²) in [7, 11) is 1.89. The predicted octanol–water partition coefficient (Wildman–Crippen LogP) is 5.03. The van der Waals surface area contributed by atoms with Crippen molar-refractivity contribution >= 4 is 34.8 Å². The first-order valence-electron chi connectivity index (χ1n) is 5.50. The van der Waals surface area contributed by atoms with Gasteiger partial charge in [-0.2, -0.15) is 0 Å². The van der Waals surface area contributed by atoms with Gasteiger partial charge in [0.25, 0.3) is 0 Å². The van der Waals surface area contributed by atoms with Crippen molar-refractivity contribution < 1.29 is 0 Å². The molecule has 0 spiro atoms. The standard InChI is InChI=1S/C14H12Cl3N/c1-18-8-10-3-2-9(6-13(10)16)12-5-4-11(15)7-14(12)17/h2-7,18H,8H2,1H3. The van der Waals surface area contributed by atoms with Gasteiger partial charge in [0.2, 0.25) is 0 Å². The summed E-state index contributed by atoms with van der Waals surface area (Å²) in [5.74, 6) is 0. The van der Waals surface area contributed by atoms with Gasteiger partial charge in [0.05, 0.1) is 0 Å². The highest BCUT2D eigenvalue weighted by atomic mass is 35.5. The highest BCUT2D eigenvalue weighted by Gasteiger charge is 2.07. The second-order valence-corrected chi connectivity index (χ2v) is 5.21. The lowest BCUT2D eigenvalue weighted by Crippen LogP contribution is -2.05. The summed E-state index contributed by atoms with van der Waals surface area (Å²) in [4.78, 5) is 0. The molecule has 2 aromatic rings. The van der Waals surface area contributed by atoms with E-state index in [0.717, 1.165) is 28.3 Å². The topological polar surface area (TPSA) is 12.0 Å². The van der Waals surface area contributed by atoms with Crippen LogP contribution in [0.5, 0.6) is 0 Å². The summed E-state index contributed by atoms with van der Waals surface area (Å²) >= 11 is 18.3. The second-order valence-electron chi connectivity index (χ2n) is 3.96. The van der Waals surface area contributed by atoms with E-state index in [0.29, 0.717) is 10.0 Å². The van der Waals surface area contributed by atoms with E-state index in [4.69, 9.17) is 34.8 Å². The van der Waals surface area contributed by atoms with Crippen LogP contribution in [0.1, 0.15) is 5.56 Å². The molecule has 1 N–H and O–H groups in total. The Morgan fingerprint density at radius 3 is 2.33 bits per heavy atom. The van der Waals surface area contributed by atoms with E-state index in [1.165, 1.54) is 0 Å². The van der Waals surface area contributed by atoms with Crippen LogP contribution in [0.15, 0.2) is 36.4 Å². The molecule has 0 aromatic heterocycles. The summed E-state index contributed by atoms with van der Waals surface area (Å²) < 4.78 is 0. The summed E-state index contributed by atoms with van der Waals surface area (Å²) in [6.45, 7) is 0.744. The van der Waals surface area contributed by atoms with Crippen molar-refractivity contribution in [2.45, 2.75) is 6.54 Å². The van der Waals surface area contributed by atoms with Crippen molar-refractivity contribution in [1.29, 1.82) is 0 Å². The summed E-state index contributed by atoms with van der Waals surface area (Å²) in [6.07, 6.45) is 0. The molecule has 0 fully saturated rings. The van der Waals surface area contributed by atoms with Crippen molar-refractivity contribution in [2.24, 2.45) is 0 Å². The lowest BCUT2D eigenvalue weighted by Gasteiger charge is -2.09. The Kier molecular flexibility index (Phi) is 4.52. The van der Waals surface area contributed by atoms with Crippen LogP contribution in [0, 0.1) is 0 Å². The number of halogens is 3. The van der Waals surface area contributed by atoms with Gasteiger partial charge in [-0.25, -0.2) is 0 Å². The second kappa shape index (κ2) is 5.94. The van der Waals surface area contributed by atoms with Gasteiger partial charge in [-0.15, -0.1) is 0 Å². The first-order valence-corrected chi connectivity index (χ1v) is 6.63. The molecule has 0 saturated carbocycles. The SMILES string of the molecule is CNCc1ccc(-c2ccc(Cl)cc2Cl)cc1Cl. The van der Waals surface area contributed by atoms with Crippen LogP contribution >= 0.6 is 34.8 Å². The van der Waals surface area contributed by atoms with Gasteiger partial charge in [-0.1, -0.05) is 53.0 Å². The molecule has 94 valence electrons. The fraction of sp³-hybridized carbons (Fsp3) is 0.143. The minimum Gasteiger partial charge on any atom is -0.316 e. The third-order valence-electron chi connectivity index (χ3n) is 2.66. The van der Waals surface area contributed by atoms with Crippen molar-refractivity contribution in [1.82, 2.24) is 5.32 Å². The zero-order valence-electron chi connectivity index (χ0n) is 9.81. The Labute approximate surface area is 122 Å². The van der Waals surface area contributed by atoms with E-state index in [-0.39, 0.29) is 0 Å². The third-order valence-corrected chi connectivity index (χ3v) is 3.56. The summed E-state index contributed by atoms with van der Waals surface area (Å²) in [5, 5.41) is 5.06. The highest BCUT2D eigenvalue weighted by Crippen LogP contribution is 2.32. The number of rotatable bonds is 3. The normalized spacial score (nSPS) is 10.7. The number of nitrogens with one attached hydrogen (secondary N) is 1. The molecule has 0 radical (unpaired) electrons. The minimum absolute atomic E-state index is 0.625.